The Bertz CT molecular complexity index is 1180. The lowest BCUT2D eigenvalue weighted by Crippen LogP contribution is -2.61. The van der Waals surface area contributed by atoms with Crippen molar-refractivity contribution in [2.45, 2.75) is 57.1 Å². The second-order valence-electron chi connectivity index (χ2n) is 10.3. The van der Waals surface area contributed by atoms with E-state index in [4.69, 9.17) is 9.15 Å². The van der Waals surface area contributed by atoms with Gasteiger partial charge in [0.25, 0.3) is 5.91 Å². The van der Waals surface area contributed by atoms with Crippen LogP contribution in [0.5, 0.6) is 0 Å². The molecule has 6 heteroatoms. The van der Waals surface area contributed by atoms with Crippen molar-refractivity contribution < 1.29 is 18.7 Å². The molecule has 4 aliphatic rings. The van der Waals surface area contributed by atoms with Gasteiger partial charge in [0.15, 0.2) is 11.9 Å². The number of carbonyl (C=O) groups excluding carboxylic acids is 2. The van der Waals surface area contributed by atoms with E-state index in [1.807, 2.05) is 24.3 Å². The second kappa shape index (κ2) is 7.72. The van der Waals surface area contributed by atoms with Crippen molar-refractivity contribution in [3.8, 4) is 11.5 Å². The number of benzene rings is 1. The summed E-state index contributed by atoms with van der Waals surface area (Å²) in [6.45, 7) is 1.66. The van der Waals surface area contributed by atoms with Gasteiger partial charge in [-0.15, -0.1) is 0 Å². The zero-order valence-electron chi connectivity index (χ0n) is 18.8. The molecule has 1 aromatic carbocycles. The van der Waals surface area contributed by atoms with E-state index in [2.05, 4.69) is 10.3 Å². The number of aromatic nitrogens is 1. The smallest absolute Gasteiger partial charge is 0.339 e. The third-order valence-electron chi connectivity index (χ3n) is 7.79. The maximum absolute atomic E-state index is 13.2. The number of nitrogens with one attached hydrogen (secondary N) is 1. The minimum atomic E-state index is -0.871. The normalized spacial score (nSPS) is 28.6. The number of hydrogen-bond acceptors (Lipinski definition) is 5. The number of para-hydroxylation sites is 1. The molecule has 1 amide bonds. The fraction of sp³-hybridized carbons (Fsp3) is 0.444. The SMILES string of the molecule is CC(OC(=O)c1cc(-c2ccco2)nc2ccccc12)C(=O)NC12CC3CC(CC(C3)C1)C2. The fourth-order valence-electron chi connectivity index (χ4n) is 6.80. The highest BCUT2D eigenvalue weighted by Crippen LogP contribution is 2.55. The topological polar surface area (TPSA) is 81.4 Å². The van der Waals surface area contributed by atoms with Crippen molar-refractivity contribution in [1.82, 2.24) is 10.3 Å². The number of ether oxygens (including phenoxy) is 1. The number of nitrogens with zero attached hydrogens (tertiary/aromatic N) is 1. The molecule has 0 spiro atoms. The quantitative estimate of drug-likeness (QED) is 0.552. The van der Waals surface area contributed by atoms with E-state index in [1.165, 1.54) is 19.3 Å². The van der Waals surface area contributed by atoms with Gasteiger partial charge in [-0.2, -0.15) is 0 Å². The largest absolute Gasteiger partial charge is 0.463 e. The molecular weight excluding hydrogens is 416 g/mol. The molecule has 3 aromatic rings. The summed E-state index contributed by atoms with van der Waals surface area (Å²) in [5.41, 5.74) is 1.49. The van der Waals surface area contributed by atoms with Gasteiger partial charge in [-0.05, 0) is 87.5 Å². The molecule has 4 saturated carbocycles. The van der Waals surface area contributed by atoms with Crippen LogP contribution in [0.25, 0.3) is 22.4 Å². The zero-order chi connectivity index (χ0) is 22.6. The van der Waals surface area contributed by atoms with E-state index in [-0.39, 0.29) is 11.4 Å². The van der Waals surface area contributed by atoms with Crippen molar-refractivity contribution in [2.75, 3.05) is 0 Å². The van der Waals surface area contributed by atoms with Crippen LogP contribution in [0.15, 0.2) is 53.1 Å². The van der Waals surface area contributed by atoms with Gasteiger partial charge in [0, 0.05) is 10.9 Å². The fourth-order valence-corrected chi connectivity index (χ4v) is 6.80. The number of furan rings is 1. The molecule has 4 fully saturated rings. The summed E-state index contributed by atoms with van der Waals surface area (Å²) in [6.07, 6.45) is 7.82. The number of amides is 1. The van der Waals surface area contributed by atoms with Gasteiger partial charge >= 0.3 is 5.97 Å². The number of pyridine rings is 1. The Morgan fingerprint density at radius 2 is 1.76 bits per heavy atom. The van der Waals surface area contributed by atoms with Gasteiger partial charge in [0.05, 0.1) is 17.3 Å². The van der Waals surface area contributed by atoms with E-state index < -0.39 is 12.1 Å². The molecular formula is C27H28N2O4. The van der Waals surface area contributed by atoms with Crippen LogP contribution in [-0.4, -0.2) is 28.5 Å². The zero-order valence-corrected chi connectivity index (χ0v) is 18.8. The number of rotatable bonds is 5. The lowest BCUT2D eigenvalue weighted by atomic mass is 9.53. The van der Waals surface area contributed by atoms with E-state index in [9.17, 15) is 9.59 Å². The van der Waals surface area contributed by atoms with E-state index in [0.29, 0.717) is 27.9 Å². The number of hydrogen-bond donors (Lipinski definition) is 1. The highest BCUT2D eigenvalue weighted by molar-refractivity contribution is 6.05. The third kappa shape index (κ3) is 3.71. The molecule has 6 nitrogen and oxygen atoms in total. The standard InChI is InChI=1S/C27H28N2O4/c1-16(25(30)29-27-13-17-9-18(14-27)11-19(10-17)15-27)33-26(31)21-12-23(24-7-4-8-32-24)28-22-6-3-2-5-20(21)22/h2-8,12,16-19H,9-11,13-15H2,1H3,(H,29,30). The van der Waals surface area contributed by atoms with Crippen molar-refractivity contribution in [3.63, 3.8) is 0 Å². The molecule has 4 bridgehead atoms. The molecule has 2 aromatic heterocycles. The molecule has 1 atom stereocenters. The van der Waals surface area contributed by atoms with Gasteiger partial charge < -0.3 is 14.5 Å². The highest BCUT2D eigenvalue weighted by atomic mass is 16.5. The van der Waals surface area contributed by atoms with E-state index >= 15 is 0 Å². The third-order valence-corrected chi connectivity index (χ3v) is 7.79. The Kier molecular flexibility index (Phi) is 4.78. The van der Waals surface area contributed by atoms with Crippen LogP contribution in [0.2, 0.25) is 0 Å². The Morgan fingerprint density at radius 1 is 1.06 bits per heavy atom. The molecule has 1 unspecified atom stereocenters. The number of fused-ring (bicyclic) bond motifs is 1. The van der Waals surface area contributed by atoms with Gasteiger partial charge in [-0.3, -0.25) is 4.79 Å². The van der Waals surface area contributed by atoms with Crippen LogP contribution >= 0.6 is 0 Å². The van der Waals surface area contributed by atoms with E-state index in [0.717, 1.165) is 37.0 Å². The molecule has 4 aliphatic carbocycles. The van der Waals surface area contributed by atoms with Gasteiger partial charge in [-0.25, -0.2) is 9.78 Å². The maximum atomic E-state index is 13.2. The predicted octanol–water partition coefficient (Wildman–Crippen LogP) is 5.13. The minimum absolute atomic E-state index is 0.109. The number of esters is 1. The average Bonchev–Trinajstić information content (AvgIpc) is 3.32. The van der Waals surface area contributed by atoms with Crippen LogP contribution in [0.4, 0.5) is 0 Å². The summed E-state index contributed by atoms with van der Waals surface area (Å²) in [4.78, 5) is 30.9. The first kappa shape index (κ1) is 20.5. The molecule has 170 valence electrons. The summed E-state index contributed by atoms with van der Waals surface area (Å²) >= 11 is 0. The summed E-state index contributed by atoms with van der Waals surface area (Å²) in [6, 6.07) is 12.7. The van der Waals surface area contributed by atoms with Crippen LogP contribution in [0, 0.1) is 17.8 Å². The first-order chi connectivity index (χ1) is 16.0. The molecule has 33 heavy (non-hydrogen) atoms. The lowest BCUT2D eigenvalue weighted by Gasteiger charge is -2.57. The molecule has 1 N–H and O–H groups in total. The minimum Gasteiger partial charge on any atom is -0.463 e. The summed E-state index contributed by atoms with van der Waals surface area (Å²) in [5.74, 6) is 2.04. The van der Waals surface area contributed by atoms with Gasteiger partial charge in [-0.1, -0.05) is 18.2 Å². The van der Waals surface area contributed by atoms with Crippen LogP contribution in [-0.2, 0) is 9.53 Å². The molecule has 0 radical (unpaired) electrons. The average molecular weight is 445 g/mol. The second-order valence-corrected chi connectivity index (χ2v) is 10.3. The molecule has 0 saturated heterocycles. The summed E-state index contributed by atoms with van der Waals surface area (Å²) in [5, 5.41) is 4.00. The monoisotopic (exact) mass is 444 g/mol. The number of carbonyl (C=O) groups is 2. The summed E-state index contributed by atoms with van der Waals surface area (Å²) in [7, 11) is 0. The van der Waals surface area contributed by atoms with Gasteiger partial charge in [0.2, 0.25) is 0 Å². The Labute approximate surface area is 192 Å². The molecule has 2 heterocycles. The van der Waals surface area contributed by atoms with Crippen LogP contribution < -0.4 is 5.32 Å². The highest BCUT2D eigenvalue weighted by Gasteiger charge is 2.51. The van der Waals surface area contributed by atoms with Crippen molar-refractivity contribution >= 4 is 22.8 Å². The lowest BCUT2D eigenvalue weighted by molar-refractivity contribution is -0.134. The Balaban J connectivity index is 1.22. The Hall–Kier alpha value is -3.15. The van der Waals surface area contributed by atoms with Crippen molar-refractivity contribution in [3.05, 3.63) is 54.3 Å². The summed E-state index contributed by atoms with van der Waals surface area (Å²) < 4.78 is 11.2. The van der Waals surface area contributed by atoms with Crippen LogP contribution in [0.1, 0.15) is 55.8 Å². The van der Waals surface area contributed by atoms with Gasteiger partial charge in [0.1, 0.15) is 5.69 Å². The maximum Gasteiger partial charge on any atom is 0.339 e. The Morgan fingerprint density at radius 3 is 2.42 bits per heavy atom. The first-order valence-electron chi connectivity index (χ1n) is 11.9. The first-order valence-corrected chi connectivity index (χ1v) is 11.9. The van der Waals surface area contributed by atoms with Crippen LogP contribution in [0.3, 0.4) is 0 Å². The van der Waals surface area contributed by atoms with Crippen molar-refractivity contribution in [1.29, 1.82) is 0 Å². The predicted molar refractivity (Wildman–Crippen MR) is 123 cm³/mol. The molecule has 0 aliphatic heterocycles. The molecule has 7 rings (SSSR count). The van der Waals surface area contributed by atoms with E-state index in [1.54, 1.807) is 31.4 Å². The van der Waals surface area contributed by atoms with Crippen molar-refractivity contribution in [2.24, 2.45) is 17.8 Å².